The fraction of sp³-hybridized carbons (Fsp3) is 0.286. The number of halogens is 2. The molecule has 5 heteroatoms. The Morgan fingerprint density at radius 1 is 1.42 bits per heavy atom. The van der Waals surface area contributed by atoms with Crippen LogP contribution in [-0.4, -0.2) is 18.8 Å². The molecular formula is C14H15BrFNS2. The summed E-state index contributed by atoms with van der Waals surface area (Å²) in [6.07, 6.45) is 0.995. The largest absolute Gasteiger partial charge is 0.316 e. The molecule has 2 rings (SSSR count). The van der Waals surface area contributed by atoms with Crippen molar-refractivity contribution in [3.05, 3.63) is 50.9 Å². The van der Waals surface area contributed by atoms with Gasteiger partial charge in [0.15, 0.2) is 0 Å². The first-order valence-corrected chi connectivity index (χ1v) is 8.61. The maximum Gasteiger partial charge on any atom is 0.124 e. The van der Waals surface area contributed by atoms with Crippen molar-refractivity contribution in [2.75, 3.05) is 12.8 Å². The van der Waals surface area contributed by atoms with E-state index in [1.165, 1.54) is 10.9 Å². The van der Waals surface area contributed by atoms with E-state index in [9.17, 15) is 4.39 Å². The van der Waals surface area contributed by atoms with Crippen molar-refractivity contribution >= 4 is 39.0 Å². The maximum absolute atomic E-state index is 13.1. The SMILES string of the molecule is CNC(CSc1cccc(F)c1)Cc1cc(Br)cs1. The third kappa shape index (κ3) is 4.91. The van der Waals surface area contributed by atoms with Crippen LogP contribution in [0.4, 0.5) is 4.39 Å². The Bertz CT molecular complexity index is 530. The molecule has 19 heavy (non-hydrogen) atoms. The second kappa shape index (κ2) is 7.43. The van der Waals surface area contributed by atoms with Gasteiger partial charge < -0.3 is 5.32 Å². The Hall–Kier alpha value is -0.360. The molecule has 0 spiro atoms. The molecule has 0 saturated heterocycles. The van der Waals surface area contributed by atoms with Gasteiger partial charge in [0.1, 0.15) is 5.82 Å². The van der Waals surface area contributed by atoms with Gasteiger partial charge in [0.25, 0.3) is 0 Å². The van der Waals surface area contributed by atoms with Gasteiger partial charge in [-0.15, -0.1) is 23.1 Å². The minimum Gasteiger partial charge on any atom is -0.316 e. The van der Waals surface area contributed by atoms with E-state index in [-0.39, 0.29) is 5.82 Å². The van der Waals surface area contributed by atoms with E-state index >= 15 is 0 Å². The third-order valence-corrected chi connectivity index (χ3v) is 5.60. The number of hydrogen-bond acceptors (Lipinski definition) is 3. The number of thiophene rings is 1. The van der Waals surface area contributed by atoms with Crippen molar-refractivity contribution in [3.63, 3.8) is 0 Å². The Labute approximate surface area is 129 Å². The van der Waals surface area contributed by atoms with E-state index in [0.29, 0.717) is 6.04 Å². The van der Waals surface area contributed by atoms with Crippen molar-refractivity contribution in [2.45, 2.75) is 17.4 Å². The quantitative estimate of drug-likeness (QED) is 0.758. The van der Waals surface area contributed by atoms with Crippen LogP contribution in [-0.2, 0) is 6.42 Å². The average Bonchev–Trinajstić information content (AvgIpc) is 2.80. The molecule has 1 aromatic heterocycles. The summed E-state index contributed by atoms with van der Waals surface area (Å²) in [5, 5.41) is 5.42. The summed E-state index contributed by atoms with van der Waals surface area (Å²) in [6, 6.07) is 9.30. The molecule has 1 unspecified atom stereocenters. The lowest BCUT2D eigenvalue weighted by molar-refractivity contribution is 0.619. The van der Waals surface area contributed by atoms with Gasteiger partial charge in [-0.3, -0.25) is 0 Å². The van der Waals surface area contributed by atoms with Crippen LogP contribution in [0.2, 0.25) is 0 Å². The first-order valence-electron chi connectivity index (χ1n) is 5.96. The van der Waals surface area contributed by atoms with E-state index < -0.39 is 0 Å². The lowest BCUT2D eigenvalue weighted by atomic mass is 10.2. The minimum atomic E-state index is -0.173. The van der Waals surface area contributed by atoms with Crippen molar-refractivity contribution in [1.82, 2.24) is 5.32 Å². The standard InChI is InChI=1S/C14H15BrFNS2/c1-17-12(7-14-5-10(15)8-18-14)9-19-13-4-2-3-11(16)6-13/h2-6,8,12,17H,7,9H2,1H3. The zero-order valence-electron chi connectivity index (χ0n) is 10.5. The van der Waals surface area contributed by atoms with Crippen LogP contribution >= 0.6 is 39.0 Å². The fourth-order valence-electron chi connectivity index (χ4n) is 1.70. The predicted octanol–water partition coefficient (Wildman–Crippen LogP) is 4.57. The number of likely N-dealkylation sites (N-methyl/N-ethyl adjacent to an activating group) is 1. The summed E-state index contributed by atoms with van der Waals surface area (Å²) in [5.41, 5.74) is 0. The topological polar surface area (TPSA) is 12.0 Å². The van der Waals surface area contributed by atoms with Crippen molar-refractivity contribution < 1.29 is 4.39 Å². The van der Waals surface area contributed by atoms with Gasteiger partial charge in [-0.25, -0.2) is 4.39 Å². The first kappa shape index (κ1) is 15.0. The summed E-state index contributed by atoms with van der Waals surface area (Å²) in [5.74, 6) is 0.753. The normalized spacial score (nSPS) is 12.6. The van der Waals surface area contributed by atoms with Crippen molar-refractivity contribution in [1.29, 1.82) is 0 Å². The molecule has 1 atom stereocenters. The van der Waals surface area contributed by atoms with Crippen molar-refractivity contribution in [3.8, 4) is 0 Å². The lowest BCUT2D eigenvalue weighted by Crippen LogP contribution is -2.29. The Balaban J connectivity index is 1.89. The summed E-state index contributed by atoms with van der Waals surface area (Å²) in [7, 11) is 1.97. The number of benzene rings is 1. The second-order valence-electron chi connectivity index (χ2n) is 4.19. The molecule has 2 aromatic rings. The Morgan fingerprint density at radius 3 is 2.89 bits per heavy atom. The molecule has 1 heterocycles. The molecule has 1 nitrogen and oxygen atoms in total. The second-order valence-corrected chi connectivity index (χ2v) is 7.19. The lowest BCUT2D eigenvalue weighted by Gasteiger charge is -2.14. The molecule has 0 saturated carbocycles. The number of hydrogen-bond donors (Lipinski definition) is 1. The van der Waals surface area contributed by atoms with E-state index in [1.54, 1.807) is 35.2 Å². The van der Waals surface area contributed by atoms with Crippen LogP contribution in [0.5, 0.6) is 0 Å². The molecule has 0 aliphatic heterocycles. The Morgan fingerprint density at radius 2 is 2.26 bits per heavy atom. The molecule has 0 bridgehead atoms. The van der Waals surface area contributed by atoms with Crippen LogP contribution in [0.15, 0.2) is 45.1 Å². The molecule has 0 radical (unpaired) electrons. The Kier molecular flexibility index (Phi) is 5.88. The van der Waals surface area contributed by atoms with E-state index in [2.05, 4.69) is 32.7 Å². The summed E-state index contributed by atoms with van der Waals surface area (Å²) in [6.45, 7) is 0. The predicted molar refractivity (Wildman–Crippen MR) is 85.7 cm³/mol. The van der Waals surface area contributed by atoms with Gasteiger partial charge in [0.05, 0.1) is 0 Å². The van der Waals surface area contributed by atoms with Crippen LogP contribution in [0, 0.1) is 5.82 Å². The monoisotopic (exact) mass is 359 g/mol. The zero-order valence-corrected chi connectivity index (χ0v) is 13.7. The minimum absolute atomic E-state index is 0.173. The zero-order chi connectivity index (χ0) is 13.7. The highest BCUT2D eigenvalue weighted by atomic mass is 79.9. The van der Waals surface area contributed by atoms with Crippen LogP contribution in [0.1, 0.15) is 4.88 Å². The number of nitrogens with one attached hydrogen (secondary N) is 1. The van der Waals surface area contributed by atoms with Crippen molar-refractivity contribution in [2.24, 2.45) is 0 Å². The van der Waals surface area contributed by atoms with Gasteiger partial charge in [0.2, 0.25) is 0 Å². The fourth-order valence-corrected chi connectivity index (χ4v) is 4.28. The summed E-state index contributed by atoms with van der Waals surface area (Å²) < 4.78 is 14.2. The number of thioether (sulfide) groups is 1. The molecule has 0 amide bonds. The van der Waals surface area contributed by atoms with Gasteiger partial charge in [-0.1, -0.05) is 6.07 Å². The van der Waals surface area contributed by atoms with Gasteiger partial charge >= 0.3 is 0 Å². The highest BCUT2D eigenvalue weighted by Gasteiger charge is 2.10. The van der Waals surface area contributed by atoms with Crippen LogP contribution in [0.3, 0.4) is 0 Å². The van der Waals surface area contributed by atoms with Gasteiger partial charge in [0, 0.05) is 31.4 Å². The first-order chi connectivity index (χ1) is 9.17. The maximum atomic E-state index is 13.1. The highest BCUT2D eigenvalue weighted by Crippen LogP contribution is 2.24. The highest BCUT2D eigenvalue weighted by molar-refractivity contribution is 9.10. The van der Waals surface area contributed by atoms with Gasteiger partial charge in [-0.2, -0.15) is 0 Å². The molecule has 1 N–H and O–H groups in total. The number of rotatable bonds is 6. The van der Waals surface area contributed by atoms with E-state index in [4.69, 9.17) is 0 Å². The molecule has 0 fully saturated rings. The molecule has 102 valence electrons. The van der Waals surface area contributed by atoms with Gasteiger partial charge in [-0.05, 0) is 53.7 Å². The molecule has 0 aliphatic carbocycles. The average molecular weight is 360 g/mol. The summed E-state index contributed by atoms with van der Waals surface area (Å²) in [4.78, 5) is 2.33. The van der Waals surface area contributed by atoms with Crippen LogP contribution in [0.25, 0.3) is 0 Å². The van der Waals surface area contributed by atoms with E-state index in [1.807, 2.05) is 13.1 Å². The third-order valence-electron chi connectivity index (χ3n) is 2.72. The molecular weight excluding hydrogens is 345 g/mol. The summed E-state index contributed by atoms with van der Waals surface area (Å²) >= 11 is 6.92. The molecule has 1 aromatic carbocycles. The van der Waals surface area contributed by atoms with E-state index in [0.717, 1.165) is 21.5 Å². The van der Waals surface area contributed by atoms with Crippen LogP contribution < -0.4 is 5.32 Å². The smallest absolute Gasteiger partial charge is 0.124 e. The molecule has 0 aliphatic rings.